The van der Waals surface area contributed by atoms with E-state index in [4.69, 9.17) is 4.74 Å². The van der Waals surface area contributed by atoms with Gasteiger partial charge in [0.25, 0.3) is 0 Å². The van der Waals surface area contributed by atoms with Crippen LogP contribution in [-0.4, -0.2) is 27.4 Å². The molecule has 2 rings (SSSR count). The highest BCUT2D eigenvalue weighted by molar-refractivity contribution is 5.27. The van der Waals surface area contributed by atoms with E-state index in [9.17, 15) is 0 Å². The summed E-state index contributed by atoms with van der Waals surface area (Å²) in [6, 6.07) is 8.76. The largest absolute Gasteiger partial charge is 0.486 e. The van der Waals surface area contributed by atoms with Gasteiger partial charge in [-0.05, 0) is 44.5 Å². The van der Waals surface area contributed by atoms with Gasteiger partial charge >= 0.3 is 0 Å². The predicted molar refractivity (Wildman–Crippen MR) is 83.3 cm³/mol. The molecule has 0 saturated heterocycles. The van der Waals surface area contributed by atoms with Crippen molar-refractivity contribution >= 4 is 0 Å². The van der Waals surface area contributed by atoms with Gasteiger partial charge in [-0.15, -0.1) is 0 Å². The van der Waals surface area contributed by atoms with Crippen LogP contribution in [0.3, 0.4) is 0 Å². The van der Waals surface area contributed by atoms with Crippen molar-refractivity contribution in [3.8, 4) is 5.75 Å². The van der Waals surface area contributed by atoms with Crippen molar-refractivity contribution in [2.75, 3.05) is 6.54 Å². The zero-order valence-corrected chi connectivity index (χ0v) is 13.0. The SMILES string of the molecule is CCNC(C)Cc1ccc(OCc2ncnn2CC)cc1. The molecule has 0 radical (unpaired) electrons. The number of likely N-dealkylation sites (N-methyl/N-ethyl adjacent to an activating group) is 1. The van der Waals surface area contributed by atoms with Crippen molar-refractivity contribution < 1.29 is 4.74 Å². The van der Waals surface area contributed by atoms with Crippen molar-refractivity contribution in [3.05, 3.63) is 42.0 Å². The topological polar surface area (TPSA) is 52.0 Å². The first-order valence-corrected chi connectivity index (χ1v) is 7.54. The lowest BCUT2D eigenvalue weighted by Gasteiger charge is -2.12. The highest BCUT2D eigenvalue weighted by Gasteiger charge is 2.05. The molecule has 21 heavy (non-hydrogen) atoms. The fourth-order valence-corrected chi connectivity index (χ4v) is 2.31. The molecule has 5 nitrogen and oxygen atoms in total. The van der Waals surface area contributed by atoms with E-state index in [1.165, 1.54) is 5.56 Å². The minimum absolute atomic E-state index is 0.445. The molecule has 1 heterocycles. The van der Waals surface area contributed by atoms with Crippen LogP contribution in [0.4, 0.5) is 0 Å². The first-order valence-electron chi connectivity index (χ1n) is 7.54. The molecular formula is C16H24N4O. The average Bonchev–Trinajstić information content (AvgIpc) is 2.94. The van der Waals surface area contributed by atoms with Crippen LogP contribution in [0.25, 0.3) is 0 Å². The summed E-state index contributed by atoms with van der Waals surface area (Å²) in [5.41, 5.74) is 1.31. The lowest BCUT2D eigenvalue weighted by molar-refractivity contribution is 0.287. The summed E-state index contributed by atoms with van der Waals surface area (Å²) in [6.07, 6.45) is 2.59. The van der Waals surface area contributed by atoms with Gasteiger partial charge in [0.15, 0.2) is 5.82 Å². The van der Waals surface area contributed by atoms with Crippen molar-refractivity contribution in [2.45, 2.75) is 46.4 Å². The molecule has 1 aromatic carbocycles. The van der Waals surface area contributed by atoms with Crippen LogP contribution in [-0.2, 0) is 19.6 Å². The molecule has 0 aliphatic carbocycles. The van der Waals surface area contributed by atoms with Gasteiger partial charge in [-0.2, -0.15) is 5.10 Å². The maximum absolute atomic E-state index is 5.76. The maximum Gasteiger partial charge on any atom is 0.164 e. The number of ether oxygens (including phenoxy) is 1. The van der Waals surface area contributed by atoms with E-state index < -0.39 is 0 Å². The van der Waals surface area contributed by atoms with E-state index in [1.807, 2.05) is 23.7 Å². The molecule has 5 heteroatoms. The van der Waals surface area contributed by atoms with Crippen LogP contribution in [0.1, 0.15) is 32.2 Å². The maximum atomic E-state index is 5.76. The number of aromatic nitrogens is 3. The van der Waals surface area contributed by atoms with Crippen LogP contribution in [0.2, 0.25) is 0 Å². The third-order valence-electron chi connectivity index (χ3n) is 3.38. The van der Waals surface area contributed by atoms with Crippen LogP contribution >= 0.6 is 0 Å². The van der Waals surface area contributed by atoms with Crippen molar-refractivity contribution in [3.63, 3.8) is 0 Å². The number of hydrogen-bond acceptors (Lipinski definition) is 4. The molecule has 114 valence electrons. The van der Waals surface area contributed by atoms with Gasteiger partial charge in [-0.3, -0.25) is 0 Å². The van der Waals surface area contributed by atoms with E-state index in [2.05, 4.69) is 41.4 Å². The summed E-state index contributed by atoms with van der Waals surface area (Å²) in [7, 11) is 0. The molecule has 0 spiro atoms. The van der Waals surface area contributed by atoms with Crippen molar-refractivity contribution in [1.82, 2.24) is 20.1 Å². The Morgan fingerprint density at radius 3 is 2.67 bits per heavy atom. The summed E-state index contributed by atoms with van der Waals surface area (Å²) in [5.74, 6) is 1.71. The first kappa shape index (κ1) is 15.5. The third kappa shape index (κ3) is 4.56. The minimum Gasteiger partial charge on any atom is -0.486 e. The van der Waals surface area contributed by atoms with Gasteiger partial charge in [0.2, 0.25) is 0 Å². The Balaban J connectivity index is 1.87. The highest BCUT2D eigenvalue weighted by atomic mass is 16.5. The Bertz CT molecular complexity index is 535. The van der Waals surface area contributed by atoms with Crippen LogP contribution in [0.15, 0.2) is 30.6 Å². The quantitative estimate of drug-likeness (QED) is 0.810. The smallest absolute Gasteiger partial charge is 0.164 e. The van der Waals surface area contributed by atoms with E-state index in [0.29, 0.717) is 12.6 Å². The molecule has 0 amide bonds. The number of aryl methyl sites for hydroxylation is 1. The molecule has 0 bridgehead atoms. The summed E-state index contributed by atoms with van der Waals surface area (Å²) < 4.78 is 7.60. The van der Waals surface area contributed by atoms with E-state index >= 15 is 0 Å². The zero-order valence-electron chi connectivity index (χ0n) is 13.0. The molecule has 1 atom stereocenters. The zero-order chi connectivity index (χ0) is 15.1. The van der Waals surface area contributed by atoms with Crippen LogP contribution in [0, 0.1) is 0 Å². The van der Waals surface area contributed by atoms with E-state index in [0.717, 1.165) is 31.1 Å². The number of rotatable bonds is 8. The first-order chi connectivity index (χ1) is 10.2. The Hall–Kier alpha value is -1.88. The molecule has 0 fully saturated rings. The predicted octanol–water partition coefficient (Wildman–Crippen LogP) is 2.42. The molecule has 1 unspecified atom stereocenters. The van der Waals surface area contributed by atoms with Gasteiger partial charge in [0, 0.05) is 12.6 Å². The number of nitrogens with one attached hydrogen (secondary N) is 1. The fraction of sp³-hybridized carbons (Fsp3) is 0.500. The van der Waals surface area contributed by atoms with Gasteiger partial charge in [-0.1, -0.05) is 19.1 Å². The molecule has 1 aromatic heterocycles. The molecule has 0 saturated carbocycles. The lowest BCUT2D eigenvalue weighted by atomic mass is 10.1. The average molecular weight is 288 g/mol. The molecule has 1 N–H and O–H groups in total. The fourth-order valence-electron chi connectivity index (χ4n) is 2.31. The van der Waals surface area contributed by atoms with Crippen LogP contribution in [0.5, 0.6) is 5.75 Å². The Labute approximate surface area is 126 Å². The Morgan fingerprint density at radius 2 is 2.00 bits per heavy atom. The molecule has 0 aliphatic rings. The Kier molecular flexibility index (Phi) is 5.75. The normalized spacial score (nSPS) is 12.3. The van der Waals surface area contributed by atoms with E-state index in [1.54, 1.807) is 6.33 Å². The van der Waals surface area contributed by atoms with Crippen molar-refractivity contribution in [1.29, 1.82) is 0 Å². The van der Waals surface area contributed by atoms with Gasteiger partial charge in [0.05, 0.1) is 0 Å². The molecule has 0 aliphatic heterocycles. The lowest BCUT2D eigenvalue weighted by Crippen LogP contribution is -2.27. The minimum atomic E-state index is 0.445. The molecule has 2 aromatic rings. The summed E-state index contributed by atoms with van der Waals surface area (Å²) in [6.45, 7) is 8.62. The third-order valence-corrected chi connectivity index (χ3v) is 3.38. The second kappa shape index (κ2) is 7.78. The second-order valence-corrected chi connectivity index (χ2v) is 5.09. The summed E-state index contributed by atoms with van der Waals surface area (Å²) in [4.78, 5) is 4.20. The Morgan fingerprint density at radius 1 is 1.24 bits per heavy atom. The van der Waals surface area contributed by atoms with Gasteiger partial charge < -0.3 is 10.1 Å². The number of benzene rings is 1. The van der Waals surface area contributed by atoms with E-state index in [-0.39, 0.29) is 0 Å². The molecular weight excluding hydrogens is 264 g/mol. The monoisotopic (exact) mass is 288 g/mol. The summed E-state index contributed by atoms with van der Waals surface area (Å²) in [5, 5.41) is 7.55. The van der Waals surface area contributed by atoms with Gasteiger partial charge in [0.1, 0.15) is 18.7 Å². The second-order valence-electron chi connectivity index (χ2n) is 5.09. The van der Waals surface area contributed by atoms with Gasteiger partial charge in [-0.25, -0.2) is 9.67 Å². The number of nitrogens with zero attached hydrogens (tertiary/aromatic N) is 3. The summed E-state index contributed by atoms with van der Waals surface area (Å²) >= 11 is 0. The van der Waals surface area contributed by atoms with Crippen LogP contribution < -0.4 is 10.1 Å². The standard InChI is InChI=1S/C16H24N4O/c1-4-17-13(3)10-14-6-8-15(9-7-14)21-11-16-18-12-19-20(16)5-2/h6-9,12-13,17H,4-5,10-11H2,1-3H3. The number of hydrogen-bond donors (Lipinski definition) is 1. The van der Waals surface area contributed by atoms with Crippen molar-refractivity contribution in [2.24, 2.45) is 0 Å². The highest BCUT2D eigenvalue weighted by Crippen LogP contribution is 2.14.